The molecule has 3 aromatic rings. The highest BCUT2D eigenvalue weighted by Gasteiger charge is 2.29. The van der Waals surface area contributed by atoms with Crippen LogP contribution in [0.5, 0.6) is 0 Å². The number of hydrogen-bond donors (Lipinski definition) is 1. The topological polar surface area (TPSA) is 52.2 Å². The number of aromatic amines is 1. The number of fused-ring (bicyclic) bond motifs is 1. The van der Waals surface area contributed by atoms with E-state index in [1.807, 2.05) is 19.1 Å². The van der Waals surface area contributed by atoms with Gasteiger partial charge in [-0.05, 0) is 74.2 Å². The fraction of sp³-hybridized carbons (Fsp3) is 0.391. The zero-order valence-corrected chi connectivity index (χ0v) is 16.9. The molecule has 152 valence electrons. The van der Waals surface area contributed by atoms with E-state index in [-0.39, 0.29) is 17.8 Å². The third-order valence-electron chi connectivity index (χ3n) is 6.04. The third kappa shape index (κ3) is 4.17. The number of likely N-dealkylation sites (N-methyl/N-ethyl adjacent to an activating group) is 1. The van der Waals surface area contributed by atoms with Crippen LogP contribution in [-0.4, -0.2) is 51.9 Å². The van der Waals surface area contributed by atoms with E-state index >= 15 is 0 Å². The normalized spacial score (nSPS) is 16.8. The lowest BCUT2D eigenvalue weighted by Gasteiger charge is -2.36. The number of pyridine rings is 1. The lowest BCUT2D eigenvalue weighted by molar-refractivity contribution is -0.136. The molecule has 1 aliphatic heterocycles. The number of carbonyl (C=O) groups excluding carboxylic acids is 1. The summed E-state index contributed by atoms with van der Waals surface area (Å²) in [5.74, 6) is 0.284. The lowest BCUT2D eigenvalue weighted by Crippen LogP contribution is -2.48. The minimum Gasteiger partial charge on any atom is -0.346 e. The summed E-state index contributed by atoms with van der Waals surface area (Å²) in [6.07, 6.45) is 5.93. The van der Waals surface area contributed by atoms with Gasteiger partial charge in [-0.3, -0.25) is 9.69 Å². The maximum absolute atomic E-state index is 13.4. The van der Waals surface area contributed by atoms with Crippen molar-refractivity contribution in [2.45, 2.75) is 38.3 Å². The Morgan fingerprint density at radius 1 is 1.31 bits per heavy atom. The Balaban J connectivity index is 1.35. The first-order chi connectivity index (χ1) is 14.0. The van der Waals surface area contributed by atoms with Crippen LogP contribution in [0.25, 0.3) is 11.0 Å². The summed E-state index contributed by atoms with van der Waals surface area (Å²) < 4.78 is 13.4. The summed E-state index contributed by atoms with van der Waals surface area (Å²) in [6.45, 7) is 4.16. The van der Waals surface area contributed by atoms with Crippen LogP contribution in [0.1, 0.15) is 36.8 Å². The molecule has 29 heavy (non-hydrogen) atoms. The Morgan fingerprint density at radius 2 is 2.10 bits per heavy atom. The Labute approximate surface area is 170 Å². The SMILES string of the molecule is CC(C(=O)N(C)Cc1cccc(F)c1)N1CCC(c2c[nH]c3ncccc23)CC1. The van der Waals surface area contributed by atoms with E-state index in [2.05, 4.69) is 27.1 Å². The second kappa shape index (κ2) is 8.33. The van der Waals surface area contributed by atoms with Crippen molar-refractivity contribution >= 4 is 16.9 Å². The van der Waals surface area contributed by atoms with E-state index in [0.29, 0.717) is 12.5 Å². The number of piperidine rings is 1. The van der Waals surface area contributed by atoms with Crippen molar-refractivity contribution in [3.05, 3.63) is 65.7 Å². The van der Waals surface area contributed by atoms with Crippen LogP contribution in [0.2, 0.25) is 0 Å². The molecular formula is C23H27FN4O. The Hall–Kier alpha value is -2.73. The van der Waals surface area contributed by atoms with E-state index in [9.17, 15) is 9.18 Å². The number of benzene rings is 1. The Bertz CT molecular complexity index is 993. The number of carbonyl (C=O) groups is 1. The first-order valence-electron chi connectivity index (χ1n) is 10.2. The second-order valence-electron chi connectivity index (χ2n) is 7.95. The summed E-state index contributed by atoms with van der Waals surface area (Å²) in [5.41, 5.74) is 3.07. The predicted molar refractivity (Wildman–Crippen MR) is 112 cm³/mol. The minimum atomic E-state index is -0.272. The summed E-state index contributed by atoms with van der Waals surface area (Å²) in [6, 6.07) is 10.3. The van der Waals surface area contributed by atoms with Gasteiger partial charge in [0.15, 0.2) is 0 Å². The van der Waals surface area contributed by atoms with Crippen LogP contribution in [0.3, 0.4) is 0 Å². The average molecular weight is 394 g/mol. The quantitative estimate of drug-likeness (QED) is 0.713. The zero-order chi connectivity index (χ0) is 20.4. The van der Waals surface area contributed by atoms with Crippen molar-refractivity contribution in [3.8, 4) is 0 Å². The van der Waals surface area contributed by atoms with Gasteiger partial charge in [-0.1, -0.05) is 12.1 Å². The smallest absolute Gasteiger partial charge is 0.239 e. The van der Waals surface area contributed by atoms with Gasteiger partial charge in [0.25, 0.3) is 0 Å². The molecule has 4 rings (SSSR count). The summed E-state index contributed by atoms with van der Waals surface area (Å²) >= 11 is 0. The predicted octanol–water partition coefficient (Wildman–Crippen LogP) is 3.93. The maximum Gasteiger partial charge on any atom is 0.239 e. The third-order valence-corrected chi connectivity index (χ3v) is 6.04. The van der Waals surface area contributed by atoms with Gasteiger partial charge in [0.05, 0.1) is 6.04 Å². The number of amides is 1. The molecule has 1 unspecified atom stereocenters. The molecule has 1 fully saturated rings. The van der Waals surface area contributed by atoms with Gasteiger partial charge >= 0.3 is 0 Å². The first kappa shape index (κ1) is 19.6. The molecule has 0 radical (unpaired) electrons. The summed E-state index contributed by atoms with van der Waals surface area (Å²) in [7, 11) is 1.79. The molecule has 1 aliphatic rings. The van der Waals surface area contributed by atoms with Gasteiger partial charge in [0.2, 0.25) is 5.91 Å². The average Bonchev–Trinajstić information content (AvgIpc) is 3.17. The molecule has 1 atom stereocenters. The molecule has 0 bridgehead atoms. The Morgan fingerprint density at radius 3 is 2.86 bits per heavy atom. The maximum atomic E-state index is 13.4. The van der Waals surface area contributed by atoms with Crippen LogP contribution in [0.15, 0.2) is 48.8 Å². The fourth-order valence-corrected chi connectivity index (χ4v) is 4.37. The van der Waals surface area contributed by atoms with Gasteiger partial charge in [-0.2, -0.15) is 0 Å². The van der Waals surface area contributed by atoms with Gasteiger partial charge in [-0.15, -0.1) is 0 Å². The van der Waals surface area contributed by atoms with Crippen LogP contribution in [0.4, 0.5) is 4.39 Å². The van der Waals surface area contributed by atoms with Crippen molar-refractivity contribution in [1.29, 1.82) is 0 Å². The summed E-state index contributed by atoms with van der Waals surface area (Å²) in [4.78, 5) is 24.5. The molecule has 0 spiro atoms. The van der Waals surface area contributed by atoms with Crippen molar-refractivity contribution in [2.24, 2.45) is 0 Å². The van der Waals surface area contributed by atoms with E-state index in [0.717, 1.165) is 37.1 Å². The number of rotatable bonds is 5. The molecule has 1 aromatic carbocycles. The number of hydrogen-bond acceptors (Lipinski definition) is 3. The molecule has 0 aliphatic carbocycles. The Kier molecular flexibility index (Phi) is 5.62. The van der Waals surface area contributed by atoms with E-state index in [1.165, 1.54) is 23.1 Å². The number of aromatic nitrogens is 2. The van der Waals surface area contributed by atoms with Gasteiger partial charge in [0.1, 0.15) is 11.5 Å². The lowest BCUT2D eigenvalue weighted by atomic mass is 9.89. The number of H-pyrrole nitrogens is 1. The van der Waals surface area contributed by atoms with Crippen molar-refractivity contribution < 1.29 is 9.18 Å². The van der Waals surface area contributed by atoms with Crippen LogP contribution >= 0.6 is 0 Å². The number of nitrogens with one attached hydrogen (secondary N) is 1. The fourth-order valence-electron chi connectivity index (χ4n) is 4.37. The van der Waals surface area contributed by atoms with Gasteiger partial charge in [0, 0.05) is 31.4 Å². The molecule has 0 saturated carbocycles. The van der Waals surface area contributed by atoms with Crippen LogP contribution < -0.4 is 0 Å². The standard InChI is InChI=1S/C23H27FN4O/c1-16(23(29)27(2)15-17-5-3-6-19(24)13-17)28-11-8-18(9-12-28)21-14-26-22-20(21)7-4-10-25-22/h3-7,10,13-14,16,18H,8-9,11-12,15H2,1-2H3,(H,25,26). The highest BCUT2D eigenvalue weighted by atomic mass is 19.1. The molecular weight excluding hydrogens is 367 g/mol. The largest absolute Gasteiger partial charge is 0.346 e. The highest BCUT2D eigenvalue weighted by Crippen LogP contribution is 2.33. The van der Waals surface area contributed by atoms with Crippen LogP contribution in [-0.2, 0) is 11.3 Å². The van der Waals surface area contributed by atoms with Crippen molar-refractivity contribution in [3.63, 3.8) is 0 Å². The number of halogens is 1. The van der Waals surface area contributed by atoms with Crippen molar-refractivity contribution in [1.82, 2.24) is 19.8 Å². The molecule has 5 nitrogen and oxygen atoms in total. The van der Waals surface area contributed by atoms with E-state index < -0.39 is 0 Å². The van der Waals surface area contributed by atoms with Crippen molar-refractivity contribution in [2.75, 3.05) is 20.1 Å². The number of nitrogens with zero attached hydrogens (tertiary/aromatic N) is 3. The van der Waals surface area contributed by atoms with E-state index in [4.69, 9.17) is 0 Å². The van der Waals surface area contributed by atoms with E-state index in [1.54, 1.807) is 24.2 Å². The zero-order valence-electron chi connectivity index (χ0n) is 16.9. The van der Waals surface area contributed by atoms with Crippen LogP contribution in [0, 0.1) is 5.82 Å². The number of likely N-dealkylation sites (tertiary alicyclic amines) is 1. The molecule has 1 saturated heterocycles. The summed E-state index contributed by atoms with van der Waals surface area (Å²) in [5, 5.41) is 1.20. The highest BCUT2D eigenvalue weighted by molar-refractivity contribution is 5.81. The monoisotopic (exact) mass is 394 g/mol. The molecule has 1 amide bonds. The first-order valence-corrected chi connectivity index (χ1v) is 10.2. The molecule has 2 aromatic heterocycles. The molecule has 3 heterocycles. The van der Waals surface area contributed by atoms with Gasteiger partial charge < -0.3 is 9.88 Å². The minimum absolute atomic E-state index is 0.0732. The van der Waals surface area contributed by atoms with Gasteiger partial charge in [-0.25, -0.2) is 9.37 Å². The molecule has 1 N–H and O–H groups in total. The second-order valence-corrected chi connectivity index (χ2v) is 7.95. The molecule has 6 heteroatoms.